The average Bonchev–Trinajstić information content (AvgIpc) is 2.58. The van der Waals surface area contributed by atoms with E-state index >= 15 is 0 Å². The summed E-state index contributed by atoms with van der Waals surface area (Å²) in [5.41, 5.74) is 1.12. The van der Waals surface area contributed by atoms with Crippen molar-refractivity contribution in [1.29, 1.82) is 0 Å². The van der Waals surface area contributed by atoms with Crippen LogP contribution < -0.4 is 10.6 Å². The summed E-state index contributed by atoms with van der Waals surface area (Å²) in [6.45, 7) is 12.4. The van der Waals surface area contributed by atoms with Crippen molar-refractivity contribution >= 4 is 17.7 Å². The Morgan fingerprint density at radius 1 is 1.08 bits per heavy atom. The molecule has 6 heteroatoms. The highest BCUT2D eigenvalue weighted by molar-refractivity contribution is 5.92. The molecule has 0 aromatic heterocycles. The number of unbranched alkanes of at least 4 members (excludes halogenated alkanes) is 1. The first kappa shape index (κ1) is 22.0. The molecule has 0 fully saturated rings. The van der Waals surface area contributed by atoms with E-state index in [9.17, 15) is 9.59 Å². The third-order valence-electron chi connectivity index (χ3n) is 4.09. The maximum absolute atomic E-state index is 12.0. The van der Waals surface area contributed by atoms with Crippen LogP contribution in [0.1, 0.15) is 57.8 Å². The molecule has 0 radical (unpaired) electrons. The molecule has 2 N–H and O–H groups in total. The summed E-state index contributed by atoms with van der Waals surface area (Å²) in [6, 6.07) is 7.33. The van der Waals surface area contributed by atoms with Crippen LogP contribution in [-0.4, -0.2) is 48.7 Å². The molecule has 2 amide bonds. The Balaban J connectivity index is 2.41. The van der Waals surface area contributed by atoms with Gasteiger partial charge < -0.3 is 15.4 Å². The highest BCUT2D eigenvalue weighted by atomic mass is 16.5. The van der Waals surface area contributed by atoms with Gasteiger partial charge in [-0.3, -0.25) is 4.90 Å². The summed E-state index contributed by atoms with van der Waals surface area (Å²) < 4.78 is 5.16. The van der Waals surface area contributed by atoms with Crippen molar-refractivity contribution in [2.75, 3.05) is 25.0 Å². The van der Waals surface area contributed by atoms with Crippen LogP contribution in [0.15, 0.2) is 24.3 Å². The first-order chi connectivity index (χ1) is 12.3. The molecular weight excluding hydrogens is 330 g/mol. The molecule has 1 aromatic carbocycles. The van der Waals surface area contributed by atoms with Gasteiger partial charge in [0.25, 0.3) is 0 Å². The molecule has 0 saturated heterocycles. The number of amides is 2. The average molecular weight is 364 g/mol. The zero-order valence-electron chi connectivity index (χ0n) is 16.7. The molecule has 0 aliphatic carbocycles. The Morgan fingerprint density at radius 2 is 1.69 bits per heavy atom. The Labute approximate surface area is 157 Å². The summed E-state index contributed by atoms with van der Waals surface area (Å²) >= 11 is 0. The van der Waals surface area contributed by atoms with E-state index < -0.39 is 0 Å². The van der Waals surface area contributed by atoms with Crippen LogP contribution in [0.4, 0.5) is 10.5 Å². The lowest BCUT2D eigenvalue weighted by atomic mass is 10.2. The Morgan fingerprint density at radius 3 is 2.23 bits per heavy atom. The SMILES string of the molecule is CCCCOC(=O)c1ccc(NC(=O)NCCN(C(C)C)C(C)C)cc1. The van der Waals surface area contributed by atoms with Crippen LogP contribution >= 0.6 is 0 Å². The van der Waals surface area contributed by atoms with Gasteiger partial charge in [0.05, 0.1) is 12.2 Å². The molecular formula is C20H33N3O3. The molecule has 1 rings (SSSR count). The largest absolute Gasteiger partial charge is 0.462 e. The number of carbonyl (C=O) groups excluding carboxylic acids is 2. The van der Waals surface area contributed by atoms with E-state index in [2.05, 4.69) is 43.2 Å². The van der Waals surface area contributed by atoms with Crippen molar-refractivity contribution in [3.63, 3.8) is 0 Å². The van der Waals surface area contributed by atoms with Gasteiger partial charge in [0.2, 0.25) is 0 Å². The number of hydrogen-bond donors (Lipinski definition) is 2. The maximum atomic E-state index is 12.0. The predicted octanol–water partition coefficient (Wildman–Crippen LogP) is 3.88. The normalized spacial score (nSPS) is 11.1. The maximum Gasteiger partial charge on any atom is 0.338 e. The highest BCUT2D eigenvalue weighted by Crippen LogP contribution is 2.11. The van der Waals surface area contributed by atoms with Gasteiger partial charge in [-0.05, 0) is 58.4 Å². The summed E-state index contributed by atoms with van der Waals surface area (Å²) in [4.78, 5) is 26.2. The van der Waals surface area contributed by atoms with Crippen molar-refractivity contribution in [3.05, 3.63) is 29.8 Å². The second kappa shape index (κ2) is 11.5. The fourth-order valence-corrected chi connectivity index (χ4v) is 2.67. The first-order valence-corrected chi connectivity index (χ1v) is 9.43. The molecule has 0 heterocycles. The number of carbonyl (C=O) groups is 2. The minimum Gasteiger partial charge on any atom is -0.462 e. The molecule has 1 aromatic rings. The Hall–Kier alpha value is -2.08. The third kappa shape index (κ3) is 7.87. The van der Waals surface area contributed by atoms with Crippen molar-refractivity contribution in [3.8, 4) is 0 Å². The number of ether oxygens (including phenoxy) is 1. The molecule has 0 spiro atoms. The molecule has 0 saturated carbocycles. The van der Waals surface area contributed by atoms with Gasteiger partial charge in [0.15, 0.2) is 0 Å². The number of nitrogens with one attached hydrogen (secondary N) is 2. The number of esters is 1. The van der Waals surface area contributed by atoms with Crippen molar-refractivity contribution in [1.82, 2.24) is 10.2 Å². The first-order valence-electron chi connectivity index (χ1n) is 9.43. The number of anilines is 1. The smallest absolute Gasteiger partial charge is 0.338 e. The van der Waals surface area contributed by atoms with Gasteiger partial charge in [-0.25, -0.2) is 9.59 Å². The fraction of sp³-hybridized carbons (Fsp3) is 0.600. The van der Waals surface area contributed by atoms with Crippen LogP contribution in [0.25, 0.3) is 0 Å². The summed E-state index contributed by atoms with van der Waals surface area (Å²) in [5.74, 6) is -0.336. The van der Waals surface area contributed by atoms with E-state index in [-0.39, 0.29) is 12.0 Å². The van der Waals surface area contributed by atoms with Crippen molar-refractivity contribution in [2.45, 2.75) is 59.5 Å². The van der Waals surface area contributed by atoms with Crippen LogP contribution in [0.2, 0.25) is 0 Å². The van der Waals surface area contributed by atoms with Gasteiger partial charge in [-0.2, -0.15) is 0 Å². The van der Waals surface area contributed by atoms with E-state index in [4.69, 9.17) is 4.74 Å². The molecule has 146 valence electrons. The topological polar surface area (TPSA) is 70.7 Å². The summed E-state index contributed by atoms with van der Waals surface area (Å²) in [7, 11) is 0. The van der Waals surface area contributed by atoms with Crippen LogP contribution in [0.3, 0.4) is 0 Å². The second-order valence-electron chi connectivity index (χ2n) is 6.87. The standard InChI is InChI=1S/C20H33N3O3/c1-6-7-14-26-19(24)17-8-10-18(11-9-17)22-20(25)21-12-13-23(15(2)3)16(4)5/h8-11,15-16H,6-7,12-14H2,1-5H3,(H2,21,22,25). The van der Waals surface area contributed by atoms with Crippen LogP contribution in [0.5, 0.6) is 0 Å². The van der Waals surface area contributed by atoms with Gasteiger partial charge in [0.1, 0.15) is 0 Å². The quantitative estimate of drug-likeness (QED) is 0.489. The van der Waals surface area contributed by atoms with Crippen LogP contribution in [0, 0.1) is 0 Å². The number of nitrogens with zero attached hydrogens (tertiary/aromatic N) is 1. The molecule has 0 aliphatic rings. The number of rotatable bonds is 10. The van der Waals surface area contributed by atoms with E-state index in [1.54, 1.807) is 24.3 Å². The lowest BCUT2D eigenvalue weighted by Crippen LogP contribution is -2.43. The minimum absolute atomic E-state index is 0.254. The summed E-state index contributed by atoms with van der Waals surface area (Å²) in [6.07, 6.45) is 1.84. The molecule has 0 unspecified atom stereocenters. The number of benzene rings is 1. The summed E-state index contributed by atoms with van der Waals surface area (Å²) in [5, 5.41) is 5.63. The molecule has 26 heavy (non-hydrogen) atoms. The number of urea groups is 1. The Kier molecular flexibility index (Phi) is 9.73. The van der Waals surface area contributed by atoms with Gasteiger partial charge in [0, 0.05) is 30.9 Å². The zero-order valence-corrected chi connectivity index (χ0v) is 16.7. The van der Waals surface area contributed by atoms with E-state index in [0.717, 1.165) is 19.4 Å². The van der Waals surface area contributed by atoms with Gasteiger partial charge in [-0.1, -0.05) is 13.3 Å². The van der Waals surface area contributed by atoms with Gasteiger partial charge >= 0.3 is 12.0 Å². The van der Waals surface area contributed by atoms with Crippen LogP contribution in [-0.2, 0) is 4.74 Å². The van der Waals surface area contributed by atoms with Crippen molar-refractivity contribution < 1.29 is 14.3 Å². The Bertz CT molecular complexity index is 548. The third-order valence-corrected chi connectivity index (χ3v) is 4.09. The lowest BCUT2D eigenvalue weighted by Gasteiger charge is -2.30. The minimum atomic E-state index is -0.336. The molecule has 0 aliphatic heterocycles. The van der Waals surface area contributed by atoms with E-state index in [1.165, 1.54) is 0 Å². The molecule has 0 bridgehead atoms. The number of hydrogen-bond acceptors (Lipinski definition) is 4. The van der Waals surface area contributed by atoms with E-state index in [1.807, 2.05) is 6.92 Å². The lowest BCUT2D eigenvalue weighted by molar-refractivity contribution is 0.0500. The monoisotopic (exact) mass is 363 g/mol. The highest BCUT2D eigenvalue weighted by Gasteiger charge is 2.13. The fourth-order valence-electron chi connectivity index (χ4n) is 2.67. The van der Waals surface area contributed by atoms with Crippen molar-refractivity contribution in [2.24, 2.45) is 0 Å². The molecule has 0 atom stereocenters. The predicted molar refractivity (Wildman–Crippen MR) is 106 cm³/mol. The molecule has 6 nitrogen and oxygen atoms in total. The second-order valence-corrected chi connectivity index (χ2v) is 6.87. The van der Waals surface area contributed by atoms with Gasteiger partial charge in [-0.15, -0.1) is 0 Å². The zero-order chi connectivity index (χ0) is 19.5. The van der Waals surface area contributed by atoms with E-state index in [0.29, 0.717) is 36.5 Å².